The fourth-order valence-corrected chi connectivity index (χ4v) is 3.91. The van der Waals surface area contributed by atoms with Crippen LogP contribution in [0.3, 0.4) is 0 Å². The van der Waals surface area contributed by atoms with Gasteiger partial charge in [-0.1, -0.05) is 29.3 Å². The summed E-state index contributed by atoms with van der Waals surface area (Å²) in [5.41, 5.74) is 3.03. The third kappa shape index (κ3) is 3.43. The number of hydrogen-bond acceptors (Lipinski definition) is 4. The standard InChI is InChI=1S/C21H18Cl2N4O2/c1-10-7-12-17-16(8-13(19(12)29-10)20(28)24-9-11-5-6-11)25-21(26-17)27-18-14(22)3-2-4-15(18)23/h2-4,7-8,11H,5-6,9H2,1H3,(H,24,28)(H2,25,26,27). The summed E-state index contributed by atoms with van der Waals surface area (Å²) in [5, 5.41) is 7.92. The number of aromatic amines is 1. The van der Waals surface area contributed by atoms with Crippen molar-refractivity contribution in [2.45, 2.75) is 19.8 Å². The first-order chi connectivity index (χ1) is 14.0. The number of aromatic nitrogens is 2. The summed E-state index contributed by atoms with van der Waals surface area (Å²) < 4.78 is 5.85. The monoisotopic (exact) mass is 428 g/mol. The lowest BCUT2D eigenvalue weighted by Gasteiger charge is -2.06. The van der Waals surface area contributed by atoms with Crippen molar-refractivity contribution in [2.75, 3.05) is 11.9 Å². The SMILES string of the molecule is Cc1cc2c(o1)c(C(=O)NCC1CC1)cc1nc(Nc3c(Cl)cccc3Cl)[nH]c12. The molecule has 2 aromatic carbocycles. The molecule has 2 heterocycles. The van der Waals surface area contributed by atoms with Crippen LogP contribution in [0.5, 0.6) is 0 Å². The van der Waals surface area contributed by atoms with Crippen molar-refractivity contribution in [3.05, 3.63) is 51.7 Å². The average molecular weight is 429 g/mol. The topological polar surface area (TPSA) is 82.9 Å². The molecule has 1 aliphatic carbocycles. The van der Waals surface area contributed by atoms with Gasteiger partial charge in [0.2, 0.25) is 5.95 Å². The number of H-pyrrole nitrogens is 1. The molecule has 8 heteroatoms. The van der Waals surface area contributed by atoms with E-state index in [1.54, 1.807) is 24.3 Å². The Kier molecular flexibility index (Phi) is 4.41. The van der Waals surface area contributed by atoms with E-state index < -0.39 is 0 Å². The van der Waals surface area contributed by atoms with Gasteiger partial charge in [0.15, 0.2) is 0 Å². The molecule has 0 spiro atoms. The van der Waals surface area contributed by atoms with Gasteiger partial charge < -0.3 is 20.0 Å². The van der Waals surface area contributed by atoms with Crippen molar-refractivity contribution in [3.63, 3.8) is 0 Å². The van der Waals surface area contributed by atoms with Crippen molar-refractivity contribution in [1.82, 2.24) is 15.3 Å². The number of anilines is 2. The number of aryl methyl sites for hydroxylation is 1. The highest BCUT2D eigenvalue weighted by atomic mass is 35.5. The van der Waals surface area contributed by atoms with E-state index in [0.717, 1.165) is 16.7 Å². The van der Waals surface area contributed by atoms with Crippen LogP contribution in [-0.4, -0.2) is 22.4 Å². The molecule has 6 nitrogen and oxygen atoms in total. The molecule has 0 bridgehead atoms. The molecule has 29 heavy (non-hydrogen) atoms. The second kappa shape index (κ2) is 6.97. The molecule has 0 saturated heterocycles. The molecule has 3 N–H and O–H groups in total. The number of furan rings is 1. The Morgan fingerprint density at radius 3 is 2.76 bits per heavy atom. The molecule has 5 rings (SSSR count). The van der Waals surface area contributed by atoms with Gasteiger partial charge in [-0.25, -0.2) is 4.98 Å². The number of rotatable bonds is 5. The highest BCUT2D eigenvalue weighted by Crippen LogP contribution is 2.35. The van der Waals surface area contributed by atoms with Gasteiger partial charge in [-0.15, -0.1) is 0 Å². The minimum Gasteiger partial charge on any atom is -0.460 e. The van der Waals surface area contributed by atoms with E-state index in [4.69, 9.17) is 27.6 Å². The van der Waals surface area contributed by atoms with Gasteiger partial charge in [0.1, 0.15) is 11.3 Å². The minimum atomic E-state index is -0.148. The van der Waals surface area contributed by atoms with Crippen molar-refractivity contribution < 1.29 is 9.21 Å². The Morgan fingerprint density at radius 2 is 2.03 bits per heavy atom. The average Bonchev–Trinajstić information content (AvgIpc) is 3.30. The third-order valence-electron chi connectivity index (χ3n) is 5.08. The van der Waals surface area contributed by atoms with Crippen LogP contribution < -0.4 is 10.6 Å². The van der Waals surface area contributed by atoms with Crippen molar-refractivity contribution in [3.8, 4) is 0 Å². The van der Waals surface area contributed by atoms with Crippen LogP contribution in [-0.2, 0) is 0 Å². The van der Waals surface area contributed by atoms with Crippen LogP contribution in [0.4, 0.5) is 11.6 Å². The number of halogens is 2. The zero-order valence-corrected chi connectivity index (χ0v) is 17.1. The Labute approximate surface area is 176 Å². The van der Waals surface area contributed by atoms with Crippen molar-refractivity contribution >= 4 is 62.7 Å². The van der Waals surface area contributed by atoms with E-state index in [1.165, 1.54) is 12.8 Å². The first-order valence-corrected chi connectivity index (χ1v) is 10.2. The maximum atomic E-state index is 12.8. The fourth-order valence-electron chi connectivity index (χ4n) is 3.42. The number of para-hydroxylation sites is 1. The Morgan fingerprint density at radius 1 is 1.28 bits per heavy atom. The van der Waals surface area contributed by atoms with E-state index in [-0.39, 0.29) is 5.91 Å². The lowest BCUT2D eigenvalue weighted by atomic mass is 10.1. The van der Waals surface area contributed by atoms with Crippen LogP contribution in [0.15, 0.2) is 34.7 Å². The molecule has 0 atom stereocenters. The first-order valence-electron chi connectivity index (χ1n) is 9.41. The molecule has 0 unspecified atom stereocenters. The maximum absolute atomic E-state index is 12.8. The molecular weight excluding hydrogens is 411 g/mol. The quantitative estimate of drug-likeness (QED) is 0.374. The number of amides is 1. The summed E-state index contributed by atoms with van der Waals surface area (Å²) in [5.74, 6) is 1.65. The fraction of sp³-hybridized carbons (Fsp3) is 0.238. The number of nitrogens with zero attached hydrogens (tertiary/aromatic N) is 1. The number of nitrogens with one attached hydrogen (secondary N) is 3. The molecule has 1 aliphatic rings. The first kappa shape index (κ1) is 18.3. The van der Waals surface area contributed by atoms with Crippen LogP contribution in [0.2, 0.25) is 10.0 Å². The van der Waals surface area contributed by atoms with E-state index in [2.05, 4.69) is 20.6 Å². The van der Waals surface area contributed by atoms with Gasteiger partial charge in [-0.05, 0) is 49.9 Å². The number of carbonyl (C=O) groups is 1. The predicted molar refractivity (Wildman–Crippen MR) is 115 cm³/mol. The third-order valence-corrected chi connectivity index (χ3v) is 5.71. The van der Waals surface area contributed by atoms with Gasteiger partial charge in [-0.3, -0.25) is 4.79 Å². The summed E-state index contributed by atoms with van der Waals surface area (Å²) in [4.78, 5) is 20.6. The Bertz CT molecular complexity index is 1240. The predicted octanol–water partition coefficient (Wildman–Crippen LogP) is 5.81. The Balaban J connectivity index is 1.57. The van der Waals surface area contributed by atoms with Crippen LogP contribution in [0, 0.1) is 12.8 Å². The molecule has 4 aromatic rings. The summed E-state index contributed by atoms with van der Waals surface area (Å²) >= 11 is 12.5. The van der Waals surface area contributed by atoms with Gasteiger partial charge in [0.25, 0.3) is 5.91 Å². The second-order valence-electron chi connectivity index (χ2n) is 7.38. The number of fused-ring (bicyclic) bond motifs is 3. The second-order valence-corrected chi connectivity index (χ2v) is 8.19. The Hall–Kier alpha value is -2.70. The number of hydrogen-bond donors (Lipinski definition) is 3. The molecule has 0 radical (unpaired) electrons. The largest absolute Gasteiger partial charge is 0.460 e. The zero-order valence-electron chi connectivity index (χ0n) is 15.6. The van der Waals surface area contributed by atoms with E-state index >= 15 is 0 Å². The van der Waals surface area contributed by atoms with Crippen LogP contribution in [0.25, 0.3) is 22.0 Å². The molecule has 1 fully saturated rings. The molecule has 1 saturated carbocycles. The lowest BCUT2D eigenvalue weighted by Crippen LogP contribution is -2.25. The van der Waals surface area contributed by atoms with Crippen LogP contribution in [0.1, 0.15) is 29.0 Å². The molecule has 148 valence electrons. The summed E-state index contributed by atoms with van der Waals surface area (Å²) in [6, 6.07) is 8.92. The molecule has 2 aromatic heterocycles. The lowest BCUT2D eigenvalue weighted by molar-refractivity contribution is 0.0952. The number of benzene rings is 2. The van der Waals surface area contributed by atoms with Gasteiger partial charge in [0, 0.05) is 11.9 Å². The van der Waals surface area contributed by atoms with Crippen molar-refractivity contribution in [2.24, 2.45) is 5.92 Å². The number of carbonyl (C=O) groups excluding carboxylic acids is 1. The van der Waals surface area contributed by atoms with E-state index in [9.17, 15) is 4.79 Å². The van der Waals surface area contributed by atoms with E-state index in [1.807, 2.05) is 13.0 Å². The van der Waals surface area contributed by atoms with Gasteiger partial charge >= 0.3 is 0 Å². The molecule has 1 amide bonds. The van der Waals surface area contributed by atoms with E-state index in [0.29, 0.717) is 50.8 Å². The number of imidazole rings is 1. The highest BCUT2D eigenvalue weighted by Gasteiger charge is 2.24. The smallest absolute Gasteiger partial charge is 0.255 e. The van der Waals surface area contributed by atoms with Gasteiger partial charge in [0.05, 0.1) is 32.3 Å². The highest BCUT2D eigenvalue weighted by molar-refractivity contribution is 6.39. The minimum absolute atomic E-state index is 0.148. The molecule has 0 aliphatic heterocycles. The zero-order chi connectivity index (χ0) is 20.1. The normalized spacial score (nSPS) is 13.9. The molecular formula is C21H18Cl2N4O2. The van der Waals surface area contributed by atoms with Crippen LogP contribution >= 0.6 is 23.2 Å². The summed E-state index contributed by atoms with van der Waals surface area (Å²) in [6.07, 6.45) is 2.35. The summed E-state index contributed by atoms with van der Waals surface area (Å²) in [6.45, 7) is 2.55. The van der Waals surface area contributed by atoms with Gasteiger partial charge in [-0.2, -0.15) is 0 Å². The maximum Gasteiger partial charge on any atom is 0.255 e. The van der Waals surface area contributed by atoms with Crippen molar-refractivity contribution in [1.29, 1.82) is 0 Å². The summed E-state index contributed by atoms with van der Waals surface area (Å²) in [7, 11) is 0.